The fourth-order valence-electron chi connectivity index (χ4n) is 3.56. The zero-order valence-electron chi connectivity index (χ0n) is 16.3. The molecule has 0 aliphatic carbocycles. The predicted octanol–water partition coefficient (Wildman–Crippen LogP) is 3.24. The maximum atomic E-state index is 12.5. The Morgan fingerprint density at radius 1 is 1.03 bits per heavy atom. The first-order valence-corrected chi connectivity index (χ1v) is 10.1. The summed E-state index contributed by atoms with van der Waals surface area (Å²) in [6.45, 7) is 3.73. The maximum absolute atomic E-state index is 12.5. The third-order valence-corrected chi connectivity index (χ3v) is 5.48. The van der Waals surface area contributed by atoms with E-state index in [1.54, 1.807) is 24.3 Å². The van der Waals surface area contributed by atoms with Crippen LogP contribution in [0.3, 0.4) is 0 Å². The molecule has 2 heterocycles. The molecule has 4 rings (SSSR count). The number of nitrogens with one attached hydrogen (secondary N) is 1. The first-order valence-electron chi connectivity index (χ1n) is 9.71. The number of H-pyrrole nitrogens is 1. The first-order chi connectivity index (χ1) is 14.5. The summed E-state index contributed by atoms with van der Waals surface area (Å²) in [5.41, 5.74) is 2.03. The van der Waals surface area contributed by atoms with E-state index < -0.39 is 5.97 Å². The number of carboxylic acids is 1. The summed E-state index contributed by atoms with van der Waals surface area (Å²) in [5.74, 6) is -0.534. The molecule has 0 bridgehead atoms. The minimum Gasteiger partial charge on any atom is -0.484 e. The van der Waals surface area contributed by atoms with Crippen LogP contribution in [-0.2, 0) is 11.3 Å². The topological polar surface area (TPSA) is 85.9 Å². The average Bonchev–Trinajstić information content (AvgIpc) is 3.18. The SMILES string of the molecule is O=C(O)c1cc2cc(OCC(=O)N3CCN(Cc4ccc(Cl)cc4)CC3)ccc2[nH]1. The Bertz CT molecular complexity index is 1060. The zero-order valence-corrected chi connectivity index (χ0v) is 17.1. The number of benzene rings is 2. The predicted molar refractivity (Wildman–Crippen MR) is 114 cm³/mol. The third kappa shape index (κ3) is 4.75. The highest BCUT2D eigenvalue weighted by atomic mass is 35.5. The van der Waals surface area contributed by atoms with Gasteiger partial charge in [-0.15, -0.1) is 0 Å². The number of piperazine rings is 1. The van der Waals surface area contributed by atoms with Crippen molar-refractivity contribution in [1.29, 1.82) is 0 Å². The van der Waals surface area contributed by atoms with Crippen molar-refractivity contribution >= 4 is 34.4 Å². The molecule has 3 aromatic rings. The number of aromatic amines is 1. The number of ether oxygens (including phenoxy) is 1. The zero-order chi connectivity index (χ0) is 21.1. The number of carbonyl (C=O) groups is 2. The molecule has 2 N–H and O–H groups in total. The minimum absolute atomic E-state index is 0.0428. The van der Waals surface area contributed by atoms with Crippen LogP contribution in [0, 0.1) is 0 Å². The van der Waals surface area contributed by atoms with Gasteiger partial charge in [0.05, 0.1) is 0 Å². The lowest BCUT2D eigenvalue weighted by molar-refractivity contribution is -0.135. The number of carbonyl (C=O) groups excluding carboxylic acids is 1. The molecular formula is C22H22ClN3O4. The standard InChI is InChI=1S/C22H22ClN3O4/c23-17-3-1-15(2-4-17)13-25-7-9-26(10-8-25)21(27)14-30-18-5-6-19-16(11-18)12-20(24-19)22(28)29/h1-6,11-12,24H,7-10,13-14H2,(H,28,29). The Morgan fingerprint density at radius 2 is 1.77 bits per heavy atom. The van der Waals surface area contributed by atoms with Gasteiger partial charge in [-0.25, -0.2) is 4.79 Å². The Morgan fingerprint density at radius 3 is 2.47 bits per heavy atom. The van der Waals surface area contributed by atoms with Gasteiger partial charge in [-0.05, 0) is 42.0 Å². The molecule has 1 saturated heterocycles. The Labute approximate surface area is 178 Å². The van der Waals surface area contributed by atoms with Crippen LogP contribution in [0.25, 0.3) is 10.9 Å². The van der Waals surface area contributed by atoms with E-state index in [2.05, 4.69) is 9.88 Å². The van der Waals surface area contributed by atoms with Gasteiger partial charge in [0.1, 0.15) is 11.4 Å². The molecule has 7 nitrogen and oxygen atoms in total. The van der Waals surface area contributed by atoms with Gasteiger partial charge in [-0.1, -0.05) is 23.7 Å². The van der Waals surface area contributed by atoms with Crippen molar-refractivity contribution < 1.29 is 19.4 Å². The van der Waals surface area contributed by atoms with Crippen LogP contribution in [0.1, 0.15) is 16.1 Å². The van der Waals surface area contributed by atoms with Crippen molar-refractivity contribution in [1.82, 2.24) is 14.8 Å². The van der Waals surface area contributed by atoms with E-state index in [1.165, 1.54) is 5.56 Å². The van der Waals surface area contributed by atoms with Crippen LogP contribution in [0.4, 0.5) is 0 Å². The quantitative estimate of drug-likeness (QED) is 0.630. The molecule has 0 atom stereocenters. The number of nitrogens with zero attached hydrogens (tertiary/aromatic N) is 2. The Balaban J connectivity index is 1.27. The summed E-state index contributed by atoms with van der Waals surface area (Å²) in [5, 5.41) is 10.5. The van der Waals surface area contributed by atoms with E-state index in [4.69, 9.17) is 21.4 Å². The second-order valence-electron chi connectivity index (χ2n) is 7.31. The molecule has 0 spiro atoms. The van der Waals surface area contributed by atoms with Gasteiger partial charge < -0.3 is 19.7 Å². The fraction of sp³-hybridized carbons (Fsp3) is 0.273. The summed E-state index contributed by atoms with van der Waals surface area (Å²) >= 11 is 5.93. The monoisotopic (exact) mass is 427 g/mol. The lowest BCUT2D eigenvalue weighted by Crippen LogP contribution is -2.49. The van der Waals surface area contributed by atoms with E-state index in [9.17, 15) is 9.59 Å². The van der Waals surface area contributed by atoms with Gasteiger partial charge in [0, 0.05) is 48.6 Å². The van der Waals surface area contributed by atoms with Gasteiger partial charge in [-0.2, -0.15) is 0 Å². The maximum Gasteiger partial charge on any atom is 0.352 e. The molecule has 30 heavy (non-hydrogen) atoms. The molecule has 1 aliphatic heterocycles. The number of carboxylic acid groups (broad SMARTS) is 1. The van der Waals surface area contributed by atoms with Crippen LogP contribution in [-0.4, -0.2) is 64.6 Å². The van der Waals surface area contributed by atoms with E-state index in [0.29, 0.717) is 24.4 Å². The second-order valence-corrected chi connectivity index (χ2v) is 7.75. The molecule has 8 heteroatoms. The number of hydrogen-bond donors (Lipinski definition) is 2. The van der Waals surface area contributed by atoms with Crippen LogP contribution in [0.15, 0.2) is 48.5 Å². The molecular weight excluding hydrogens is 406 g/mol. The number of rotatable bonds is 6. The molecule has 0 unspecified atom stereocenters. The van der Waals surface area contributed by atoms with Crippen LogP contribution >= 0.6 is 11.6 Å². The van der Waals surface area contributed by atoms with Crippen LogP contribution in [0.2, 0.25) is 5.02 Å². The highest BCUT2D eigenvalue weighted by Crippen LogP contribution is 2.22. The molecule has 156 valence electrons. The number of halogens is 1. The summed E-state index contributed by atoms with van der Waals surface area (Å²) in [6, 6.07) is 14.6. The van der Waals surface area contributed by atoms with Crippen LogP contribution in [0.5, 0.6) is 5.75 Å². The van der Waals surface area contributed by atoms with E-state index in [-0.39, 0.29) is 18.2 Å². The molecule has 0 radical (unpaired) electrons. The number of aromatic nitrogens is 1. The van der Waals surface area contributed by atoms with Crippen molar-refractivity contribution in [3.05, 3.63) is 64.8 Å². The van der Waals surface area contributed by atoms with E-state index in [1.807, 2.05) is 29.2 Å². The fourth-order valence-corrected chi connectivity index (χ4v) is 3.68. The summed E-state index contributed by atoms with van der Waals surface area (Å²) in [4.78, 5) is 30.5. The highest BCUT2D eigenvalue weighted by molar-refractivity contribution is 6.30. The lowest BCUT2D eigenvalue weighted by atomic mass is 10.2. The number of hydrogen-bond acceptors (Lipinski definition) is 4. The van der Waals surface area contributed by atoms with Crippen molar-refractivity contribution in [3.63, 3.8) is 0 Å². The molecule has 0 saturated carbocycles. The van der Waals surface area contributed by atoms with Crippen molar-refractivity contribution in [3.8, 4) is 5.75 Å². The lowest BCUT2D eigenvalue weighted by Gasteiger charge is -2.34. The largest absolute Gasteiger partial charge is 0.484 e. The number of aromatic carboxylic acids is 1. The second kappa shape index (κ2) is 8.77. The molecule has 2 aromatic carbocycles. The Hall–Kier alpha value is -3.03. The number of fused-ring (bicyclic) bond motifs is 1. The smallest absolute Gasteiger partial charge is 0.352 e. The normalized spacial score (nSPS) is 14.8. The summed E-state index contributed by atoms with van der Waals surface area (Å²) in [6.07, 6.45) is 0. The van der Waals surface area contributed by atoms with Gasteiger partial charge in [-0.3, -0.25) is 9.69 Å². The van der Waals surface area contributed by atoms with Gasteiger partial charge >= 0.3 is 5.97 Å². The van der Waals surface area contributed by atoms with Gasteiger partial charge in [0.15, 0.2) is 6.61 Å². The minimum atomic E-state index is -1.01. The average molecular weight is 428 g/mol. The van der Waals surface area contributed by atoms with Crippen LogP contribution < -0.4 is 4.74 Å². The first kappa shape index (κ1) is 20.3. The van der Waals surface area contributed by atoms with Gasteiger partial charge in [0.2, 0.25) is 0 Å². The van der Waals surface area contributed by atoms with Crippen molar-refractivity contribution in [2.75, 3.05) is 32.8 Å². The van der Waals surface area contributed by atoms with Gasteiger partial charge in [0.25, 0.3) is 5.91 Å². The summed E-state index contributed by atoms with van der Waals surface area (Å²) in [7, 11) is 0. The third-order valence-electron chi connectivity index (χ3n) is 5.23. The highest BCUT2D eigenvalue weighted by Gasteiger charge is 2.21. The van der Waals surface area contributed by atoms with Crippen molar-refractivity contribution in [2.24, 2.45) is 0 Å². The van der Waals surface area contributed by atoms with E-state index in [0.717, 1.165) is 30.0 Å². The summed E-state index contributed by atoms with van der Waals surface area (Å²) < 4.78 is 5.65. The Kier molecular flexibility index (Phi) is 5.92. The molecule has 1 amide bonds. The van der Waals surface area contributed by atoms with E-state index >= 15 is 0 Å². The molecule has 1 aromatic heterocycles. The molecule has 1 aliphatic rings. The molecule has 1 fully saturated rings. The van der Waals surface area contributed by atoms with Crippen molar-refractivity contribution in [2.45, 2.75) is 6.54 Å². The number of amides is 1.